The van der Waals surface area contributed by atoms with E-state index in [1.165, 1.54) is 12.0 Å². The van der Waals surface area contributed by atoms with Gasteiger partial charge in [0, 0.05) is 69.6 Å². The van der Waals surface area contributed by atoms with Gasteiger partial charge in [0.25, 0.3) is 11.8 Å². The quantitative estimate of drug-likeness (QED) is 0.242. The standard InChI is InChI=1S/C34H36N10O5/c1-49-30(22-5-3-2-4-6-22)33(47)43-20-26-27(21-43)38-40-31(26)36-32(46)23-7-10-25(11-8-23)42-17-15-41(16-18-42)19-24-9-12-28(39-37-24)44-14-13-29(45)35-34(44)48/h2-12,30H,13-21H2,1H3,(H,35,45,48)(H2,36,38,40,46)/t30-/m1/s1. The lowest BCUT2D eigenvalue weighted by Gasteiger charge is -2.36. The van der Waals surface area contributed by atoms with Crippen LogP contribution >= 0.6 is 0 Å². The van der Waals surface area contributed by atoms with Gasteiger partial charge in [0.15, 0.2) is 17.7 Å². The molecule has 0 radical (unpaired) electrons. The molecule has 2 aromatic heterocycles. The van der Waals surface area contributed by atoms with Gasteiger partial charge < -0.3 is 19.9 Å². The molecule has 3 N–H and O–H groups in total. The third-order valence-electron chi connectivity index (χ3n) is 9.05. The maximum Gasteiger partial charge on any atom is 0.329 e. The molecule has 15 heteroatoms. The maximum atomic E-state index is 13.3. The molecule has 0 saturated carbocycles. The van der Waals surface area contributed by atoms with Gasteiger partial charge in [-0.15, -0.1) is 5.10 Å². The van der Waals surface area contributed by atoms with Crippen LogP contribution in [0.5, 0.6) is 0 Å². The van der Waals surface area contributed by atoms with Gasteiger partial charge in [-0.2, -0.15) is 10.2 Å². The molecule has 2 saturated heterocycles. The highest BCUT2D eigenvalue weighted by Gasteiger charge is 2.33. The van der Waals surface area contributed by atoms with Crippen molar-refractivity contribution in [2.75, 3.05) is 55.0 Å². The number of hydrogen-bond acceptors (Lipinski definition) is 10. The van der Waals surface area contributed by atoms with E-state index in [0.29, 0.717) is 36.8 Å². The Morgan fingerprint density at radius 3 is 2.39 bits per heavy atom. The minimum Gasteiger partial charge on any atom is -0.369 e. The summed E-state index contributed by atoms with van der Waals surface area (Å²) < 4.78 is 5.53. The predicted octanol–water partition coefficient (Wildman–Crippen LogP) is 2.45. The number of H-pyrrole nitrogens is 1. The summed E-state index contributed by atoms with van der Waals surface area (Å²) in [6, 6.07) is 20.0. The number of anilines is 3. The zero-order chi connectivity index (χ0) is 33.9. The van der Waals surface area contributed by atoms with Crippen molar-refractivity contribution in [2.45, 2.75) is 32.2 Å². The van der Waals surface area contributed by atoms with E-state index in [4.69, 9.17) is 4.74 Å². The van der Waals surface area contributed by atoms with Crippen molar-refractivity contribution in [3.63, 3.8) is 0 Å². The number of hydrogen-bond donors (Lipinski definition) is 3. The zero-order valence-corrected chi connectivity index (χ0v) is 27.0. The van der Waals surface area contributed by atoms with E-state index in [1.807, 2.05) is 48.5 Å². The summed E-state index contributed by atoms with van der Waals surface area (Å²) in [6.07, 6.45) is -0.478. The number of methoxy groups -OCH3 is 1. The fourth-order valence-corrected chi connectivity index (χ4v) is 6.33. The minimum atomic E-state index is -0.712. The van der Waals surface area contributed by atoms with Crippen LogP contribution in [0.25, 0.3) is 0 Å². The summed E-state index contributed by atoms with van der Waals surface area (Å²) in [4.78, 5) is 57.6. The topological polar surface area (TPSA) is 169 Å². The van der Waals surface area contributed by atoms with Gasteiger partial charge in [-0.3, -0.25) is 34.6 Å². The Labute approximate surface area is 282 Å². The number of aromatic amines is 1. The van der Waals surface area contributed by atoms with Crippen molar-refractivity contribution in [1.29, 1.82) is 0 Å². The largest absolute Gasteiger partial charge is 0.369 e. The van der Waals surface area contributed by atoms with E-state index in [1.54, 1.807) is 23.1 Å². The van der Waals surface area contributed by atoms with Crippen LogP contribution in [0.4, 0.5) is 22.1 Å². The smallest absolute Gasteiger partial charge is 0.329 e. The van der Waals surface area contributed by atoms with Crippen LogP contribution in [0, 0.1) is 0 Å². The van der Waals surface area contributed by atoms with Gasteiger partial charge in [0.1, 0.15) is 0 Å². The molecule has 2 aromatic carbocycles. The number of fused-ring (bicyclic) bond motifs is 1. The van der Waals surface area contributed by atoms with E-state index in [0.717, 1.165) is 54.4 Å². The fourth-order valence-electron chi connectivity index (χ4n) is 6.33. The molecule has 3 aliphatic heterocycles. The summed E-state index contributed by atoms with van der Waals surface area (Å²) in [6.45, 7) is 4.85. The maximum absolute atomic E-state index is 13.3. The van der Waals surface area contributed by atoms with Crippen LogP contribution in [0.2, 0.25) is 0 Å². The summed E-state index contributed by atoms with van der Waals surface area (Å²) >= 11 is 0. The van der Waals surface area contributed by atoms with Crippen LogP contribution in [0.1, 0.15) is 45.4 Å². The van der Waals surface area contributed by atoms with Crippen LogP contribution in [-0.2, 0) is 34.0 Å². The lowest BCUT2D eigenvalue weighted by atomic mass is 10.1. The summed E-state index contributed by atoms with van der Waals surface area (Å²) in [5.41, 5.74) is 4.69. The van der Waals surface area contributed by atoms with Gasteiger partial charge >= 0.3 is 6.03 Å². The Kier molecular flexibility index (Phi) is 9.00. The minimum absolute atomic E-state index is 0.153. The number of carbonyl (C=O) groups is 4. The summed E-state index contributed by atoms with van der Waals surface area (Å²) in [5, 5.41) is 21.0. The van der Waals surface area contributed by atoms with E-state index in [9.17, 15) is 19.2 Å². The Bertz CT molecular complexity index is 1840. The Morgan fingerprint density at radius 2 is 1.69 bits per heavy atom. The average Bonchev–Trinajstić information content (AvgIpc) is 3.72. The molecule has 7 rings (SSSR count). The molecule has 0 unspecified atom stereocenters. The first-order valence-corrected chi connectivity index (χ1v) is 16.1. The van der Waals surface area contributed by atoms with Crippen LogP contribution in [0.3, 0.4) is 0 Å². The van der Waals surface area contributed by atoms with Crippen LogP contribution in [-0.4, -0.2) is 93.8 Å². The number of ether oxygens (including phenoxy) is 1. The molecule has 0 aliphatic carbocycles. The highest BCUT2D eigenvalue weighted by atomic mass is 16.5. The second-order valence-electron chi connectivity index (χ2n) is 12.2. The van der Waals surface area contributed by atoms with E-state index >= 15 is 0 Å². The molecule has 5 amide bonds. The second kappa shape index (κ2) is 13.8. The highest BCUT2D eigenvalue weighted by molar-refractivity contribution is 6.05. The second-order valence-corrected chi connectivity index (χ2v) is 12.2. The average molecular weight is 665 g/mol. The van der Waals surface area contributed by atoms with Crippen molar-refractivity contribution in [3.8, 4) is 0 Å². The van der Waals surface area contributed by atoms with Crippen LogP contribution < -0.4 is 20.4 Å². The van der Waals surface area contributed by atoms with Crippen molar-refractivity contribution >= 4 is 41.1 Å². The van der Waals surface area contributed by atoms with Gasteiger partial charge in [-0.05, 0) is 42.0 Å². The summed E-state index contributed by atoms with van der Waals surface area (Å²) in [5.74, 6) is 0.110. The van der Waals surface area contributed by atoms with E-state index in [-0.39, 0.29) is 30.7 Å². The lowest BCUT2D eigenvalue weighted by molar-refractivity contribution is -0.143. The van der Waals surface area contributed by atoms with Crippen molar-refractivity contribution < 1.29 is 23.9 Å². The highest BCUT2D eigenvalue weighted by Crippen LogP contribution is 2.31. The molecule has 5 heterocycles. The van der Waals surface area contributed by atoms with Crippen LogP contribution in [0.15, 0.2) is 66.7 Å². The number of amides is 5. The first-order valence-electron chi connectivity index (χ1n) is 16.1. The molecule has 252 valence electrons. The van der Waals surface area contributed by atoms with Gasteiger partial charge in [0.05, 0.1) is 24.5 Å². The monoisotopic (exact) mass is 664 g/mol. The number of rotatable bonds is 9. The molecule has 2 fully saturated rings. The fraction of sp³-hybridized carbons (Fsp3) is 0.324. The molecule has 49 heavy (non-hydrogen) atoms. The first-order chi connectivity index (χ1) is 23.9. The number of aromatic nitrogens is 4. The lowest BCUT2D eigenvalue weighted by Crippen LogP contribution is -2.50. The van der Waals surface area contributed by atoms with Crippen molar-refractivity contribution in [1.82, 2.24) is 35.5 Å². The number of benzene rings is 2. The molecule has 15 nitrogen and oxygen atoms in total. The van der Waals surface area contributed by atoms with Gasteiger partial charge in [-0.25, -0.2) is 4.79 Å². The van der Waals surface area contributed by atoms with Crippen molar-refractivity contribution in [3.05, 3.63) is 94.8 Å². The van der Waals surface area contributed by atoms with E-state index < -0.39 is 12.1 Å². The number of piperazine rings is 1. The molecule has 0 spiro atoms. The zero-order valence-electron chi connectivity index (χ0n) is 27.0. The molecule has 4 aromatic rings. The van der Waals surface area contributed by atoms with Gasteiger partial charge in [-0.1, -0.05) is 30.3 Å². The summed E-state index contributed by atoms with van der Waals surface area (Å²) in [7, 11) is 1.52. The number of nitrogens with zero attached hydrogens (tertiary/aromatic N) is 7. The first kappa shape index (κ1) is 31.9. The number of imide groups is 1. The van der Waals surface area contributed by atoms with E-state index in [2.05, 4.69) is 40.8 Å². The Hall–Kier alpha value is -5.67. The molecule has 0 bridgehead atoms. The number of carbonyl (C=O) groups excluding carboxylic acids is 4. The van der Waals surface area contributed by atoms with Gasteiger partial charge in [0.2, 0.25) is 5.91 Å². The number of nitrogens with one attached hydrogen (secondary N) is 3. The van der Waals surface area contributed by atoms with Crippen molar-refractivity contribution in [2.24, 2.45) is 0 Å². The third-order valence-corrected chi connectivity index (χ3v) is 9.05. The molecular formula is C34H36N10O5. The third kappa shape index (κ3) is 6.84. The number of urea groups is 1. The normalized spacial score (nSPS) is 17.1. The Morgan fingerprint density at radius 1 is 0.918 bits per heavy atom. The molecular weight excluding hydrogens is 628 g/mol. The predicted molar refractivity (Wildman–Crippen MR) is 178 cm³/mol. The SMILES string of the molecule is CO[C@@H](C(=O)N1Cc2[nH]nc(NC(=O)c3ccc(N4CCN(Cc5ccc(N6CCC(=O)NC6=O)nn5)CC4)cc3)c2C1)c1ccccc1. The molecule has 3 aliphatic rings. The Balaban J connectivity index is 0.896. The molecule has 1 atom stereocenters.